The zero-order valence-corrected chi connectivity index (χ0v) is 14.0. The lowest BCUT2D eigenvalue weighted by molar-refractivity contribution is -0.158. The first-order chi connectivity index (χ1) is 9.62. The molecule has 0 saturated heterocycles. The van der Waals surface area contributed by atoms with Gasteiger partial charge in [-0.25, -0.2) is 4.39 Å². The fraction of sp³-hybridized carbons (Fsp3) is 0.467. The highest BCUT2D eigenvalue weighted by atomic mass is 79.9. The van der Waals surface area contributed by atoms with Crippen molar-refractivity contribution >= 4 is 27.9 Å². The lowest BCUT2D eigenvalue weighted by atomic mass is 9.95. The van der Waals surface area contributed by atoms with Gasteiger partial charge in [-0.3, -0.25) is 9.59 Å². The van der Waals surface area contributed by atoms with Crippen LogP contribution in [-0.2, 0) is 19.1 Å². The smallest absolute Gasteiger partial charge is 0.313 e. The molecule has 0 N–H and O–H groups in total. The van der Waals surface area contributed by atoms with Crippen LogP contribution in [0.4, 0.5) is 4.39 Å². The molecule has 0 amide bonds. The van der Waals surface area contributed by atoms with E-state index in [4.69, 9.17) is 9.47 Å². The molecule has 0 bridgehead atoms. The Labute approximate surface area is 131 Å². The van der Waals surface area contributed by atoms with Gasteiger partial charge in [0.2, 0.25) is 0 Å². The second-order valence-corrected chi connectivity index (χ2v) is 6.48. The summed E-state index contributed by atoms with van der Waals surface area (Å²) in [5.41, 5.74) is -0.292. The maximum Gasteiger partial charge on any atom is 0.313 e. The number of hydrogen-bond donors (Lipinski definition) is 0. The molecule has 21 heavy (non-hydrogen) atoms. The van der Waals surface area contributed by atoms with Gasteiger partial charge in [0.05, 0.1) is 19.4 Å². The van der Waals surface area contributed by atoms with Crippen LogP contribution in [0.3, 0.4) is 0 Å². The van der Waals surface area contributed by atoms with Gasteiger partial charge in [0.15, 0.2) is 0 Å². The highest BCUT2D eigenvalue weighted by Gasteiger charge is 2.28. The van der Waals surface area contributed by atoms with Gasteiger partial charge in [-0.2, -0.15) is 0 Å². The zero-order valence-electron chi connectivity index (χ0n) is 12.4. The van der Waals surface area contributed by atoms with Crippen LogP contribution >= 0.6 is 15.9 Å². The van der Waals surface area contributed by atoms with Crippen molar-refractivity contribution < 1.29 is 23.5 Å². The summed E-state index contributed by atoms with van der Waals surface area (Å²) in [5.74, 6) is -2.56. The Morgan fingerprint density at radius 2 is 1.90 bits per heavy atom. The maximum absolute atomic E-state index is 13.5. The van der Waals surface area contributed by atoms with Crippen LogP contribution < -0.4 is 0 Å². The van der Waals surface area contributed by atoms with E-state index in [1.54, 1.807) is 26.8 Å². The summed E-state index contributed by atoms with van der Waals surface area (Å²) in [6, 6.07) is 4.05. The predicted octanol–water partition coefficient (Wildman–Crippen LogP) is 3.58. The molecule has 4 nitrogen and oxygen atoms in total. The van der Waals surface area contributed by atoms with Gasteiger partial charge in [-0.1, -0.05) is 15.9 Å². The van der Waals surface area contributed by atoms with E-state index >= 15 is 0 Å². The molecule has 1 atom stereocenters. The van der Waals surface area contributed by atoms with E-state index in [0.717, 1.165) is 0 Å². The topological polar surface area (TPSA) is 52.6 Å². The number of benzene rings is 1. The summed E-state index contributed by atoms with van der Waals surface area (Å²) in [5, 5.41) is 0. The van der Waals surface area contributed by atoms with Crippen LogP contribution in [-0.4, -0.2) is 24.6 Å². The average molecular weight is 361 g/mol. The first kappa shape index (κ1) is 17.6. The van der Waals surface area contributed by atoms with Crippen LogP contribution in [0.25, 0.3) is 0 Å². The van der Waals surface area contributed by atoms with Crippen LogP contribution in [0.1, 0.15) is 38.7 Å². The van der Waals surface area contributed by atoms with Crippen molar-refractivity contribution in [1.82, 2.24) is 0 Å². The van der Waals surface area contributed by atoms with E-state index < -0.39 is 29.3 Å². The van der Waals surface area contributed by atoms with Crippen molar-refractivity contribution in [2.75, 3.05) is 7.11 Å². The molecule has 1 rings (SSSR count). The Hall–Kier alpha value is -1.43. The van der Waals surface area contributed by atoms with E-state index in [1.807, 2.05) is 0 Å². The van der Waals surface area contributed by atoms with Gasteiger partial charge < -0.3 is 9.47 Å². The molecule has 0 radical (unpaired) electrons. The molecule has 0 aliphatic rings. The molecule has 0 aromatic heterocycles. The van der Waals surface area contributed by atoms with Crippen molar-refractivity contribution in [1.29, 1.82) is 0 Å². The number of halogens is 2. The molecule has 0 aliphatic carbocycles. The lowest BCUT2D eigenvalue weighted by Crippen LogP contribution is -2.27. The molecule has 116 valence electrons. The Kier molecular flexibility index (Phi) is 5.89. The van der Waals surface area contributed by atoms with E-state index in [9.17, 15) is 14.0 Å². The van der Waals surface area contributed by atoms with E-state index in [2.05, 4.69) is 15.9 Å². The van der Waals surface area contributed by atoms with Gasteiger partial charge in [0, 0.05) is 4.47 Å². The normalized spacial score (nSPS) is 12.7. The second-order valence-electron chi connectivity index (χ2n) is 5.57. The van der Waals surface area contributed by atoms with Crippen LogP contribution in [0, 0.1) is 5.82 Å². The summed E-state index contributed by atoms with van der Waals surface area (Å²) in [7, 11) is 1.22. The molecule has 0 aliphatic heterocycles. The van der Waals surface area contributed by atoms with Crippen LogP contribution in [0.15, 0.2) is 22.7 Å². The fourth-order valence-electron chi connectivity index (χ4n) is 1.81. The Bertz CT molecular complexity index is 517. The summed E-state index contributed by atoms with van der Waals surface area (Å²) in [6.45, 7) is 5.20. The number of rotatable bonds is 4. The minimum Gasteiger partial charge on any atom is -0.469 e. The molecule has 0 spiro atoms. The number of hydrogen-bond acceptors (Lipinski definition) is 4. The molecule has 1 aromatic rings. The first-order valence-corrected chi connectivity index (χ1v) is 7.17. The monoisotopic (exact) mass is 360 g/mol. The number of ether oxygens (including phenoxy) is 2. The third-order valence-electron chi connectivity index (χ3n) is 2.56. The number of esters is 2. The molecule has 1 aromatic carbocycles. The lowest BCUT2D eigenvalue weighted by Gasteiger charge is -2.21. The summed E-state index contributed by atoms with van der Waals surface area (Å²) in [6.07, 6.45) is -0.208. The molecular formula is C15H18BrFO4. The van der Waals surface area contributed by atoms with Gasteiger partial charge in [-0.05, 0) is 44.5 Å². The summed E-state index contributed by atoms with van der Waals surface area (Å²) >= 11 is 3.16. The third-order valence-corrected chi connectivity index (χ3v) is 3.02. The zero-order chi connectivity index (χ0) is 16.2. The minimum absolute atomic E-state index is 0.208. The highest BCUT2D eigenvalue weighted by molar-refractivity contribution is 9.10. The minimum atomic E-state index is -0.906. The first-order valence-electron chi connectivity index (χ1n) is 6.38. The van der Waals surface area contributed by atoms with Crippen molar-refractivity contribution in [2.45, 2.75) is 38.7 Å². The van der Waals surface area contributed by atoms with E-state index in [1.165, 1.54) is 19.2 Å². The quantitative estimate of drug-likeness (QED) is 0.770. The van der Waals surface area contributed by atoms with E-state index in [0.29, 0.717) is 10.0 Å². The number of carbonyl (C=O) groups is 2. The van der Waals surface area contributed by atoms with Gasteiger partial charge >= 0.3 is 11.9 Å². The van der Waals surface area contributed by atoms with Crippen molar-refractivity contribution in [3.63, 3.8) is 0 Å². The largest absolute Gasteiger partial charge is 0.469 e. The number of methoxy groups -OCH3 is 1. The Morgan fingerprint density at radius 1 is 1.29 bits per heavy atom. The standard InChI is InChI=1S/C15H18BrFO4/c1-15(2,3)21-13(18)8-12(14(19)20-4)9-5-10(16)7-11(17)6-9/h5-7,12H,8H2,1-4H3. The SMILES string of the molecule is COC(=O)C(CC(=O)OC(C)(C)C)c1cc(F)cc(Br)c1. The molecule has 0 heterocycles. The Morgan fingerprint density at radius 3 is 2.38 bits per heavy atom. The third kappa shape index (κ3) is 5.83. The average Bonchev–Trinajstić information content (AvgIpc) is 2.31. The molecule has 1 unspecified atom stereocenters. The maximum atomic E-state index is 13.5. The van der Waals surface area contributed by atoms with Crippen LogP contribution in [0.2, 0.25) is 0 Å². The van der Waals surface area contributed by atoms with Gasteiger partial charge in [-0.15, -0.1) is 0 Å². The second kappa shape index (κ2) is 7.02. The summed E-state index contributed by atoms with van der Waals surface area (Å²) in [4.78, 5) is 23.8. The highest BCUT2D eigenvalue weighted by Crippen LogP contribution is 2.27. The summed E-state index contributed by atoms with van der Waals surface area (Å²) < 4.78 is 23.8. The molecule has 0 fully saturated rings. The van der Waals surface area contributed by atoms with Crippen molar-refractivity contribution in [2.24, 2.45) is 0 Å². The molecule has 0 saturated carbocycles. The van der Waals surface area contributed by atoms with Gasteiger partial charge in [0.1, 0.15) is 11.4 Å². The Balaban J connectivity index is 3.01. The predicted molar refractivity (Wildman–Crippen MR) is 79.3 cm³/mol. The van der Waals surface area contributed by atoms with Crippen LogP contribution in [0.5, 0.6) is 0 Å². The number of carbonyl (C=O) groups excluding carboxylic acids is 2. The molecule has 6 heteroatoms. The van der Waals surface area contributed by atoms with Crippen molar-refractivity contribution in [3.05, 3.63) is 34.1 Å². The van der Waals surface area contributed by atoms with Gasteiger partial charge in [0.25, 0.3) is 0 Å². The van der Waals surface area contributed by atoms with E-state index in [-0.39, 0.29) is 6.42 Å². The fourth-order valence-corrected chi connectivity index (χ4v) is 2.29. The molecular weight excluding hydrogens is 343 g/mol. The van der Waals surface area contributed by atoms with Crippen molar-refractivity contribution in [3.8, 4) is 0 Å².